The van der Waals surface area contributed by atoms with Crippen molar-refractivity contribution >= 4 is 17.3 Å². The molecule has 0 fully saturated rings. The van der Waals surface area contributed by atoms with Gasteiger partial charge in [-0.25, -0.2) is 4.39 Å². The lowest BCUT2D eigenvalue weighted by Gasteiger charge is -2.34. The number of aryl methyl sites for hydroxylation is 2. The van der Waals surface area contributed by atoms with Gasteiger partial charge in [-0.05, 0) is 43.5 Å². The maximum Gasteiger partial charge on any atom is 0.320 e. The third-order valence-electron chi connectivity index (χ3n) is 4.00. The van der Waals surface area contributed by atoms with E-state index in [1.165, 1.54) is 41.0 Å². The van der Waals surface area contributed by atoms with Gasteiger partial charge in [-0.1, -0.05) is 0 Å². The normalized spacial score (nSPS) is 17.0. The van der Waals surface area contributed by atoms with Crippen LogP contribution in [-0.4, -0.2) is 26.7 Å². The first-order valence-corrected chi connectivity index (χ1v) is 7.18. The summed E-state index contributed by atoms with van der Waals surface area (Å²) in [5, 5.41) is 15.1. The minimum absolute atomic E-state index is 0.151. The summed E-state index contributed by atoms with van der Waals surface area (Å²) < 4.78 is 14.6. The number of hydrogen-bond acceptors (Lipinski definition) is 4. The van der Waals surface area contributed by atoms with E-state index in [1.54, 1.807) is 0 Å². The van der Waals surface area contributed by atoms with Crippen LogP contribution in [0.1, 0.15) is 29.4 Å². The molecule has 0 saturated heterocycles. The molecular weight excluding hydrogens is 303 g/mol. The second-order valence-electron chi connectivity index (χ2n) is 5.63. The first kappa shape index (κ1) is 15.1. The molecule has 0 bridgehead atoms. The van der Waals surface area contributed by atoms with Crippen LogP contribution in [0.5, 0.6) is 0 Å². The summed E-state index contributed by atoms with van der Waals surface area (Å²) in [5.41, 5.74) is 0.755. The molecule has 1 amide bonds. The Kier molecular flexibility index (Phi) is 3.59. The highest BCUT2D eigenvalue weighted by Gasteiger charge is 2.35. The highest BCUT2D eigenvalue weighted by Crippen LogP contribution is 2.33. The number of carbonyl (C=O) groups is 1. The molecule has 0 unspecified atom stereocenters. The van der Waals surface area contributed by atoms with Gasteiger partial charge >= 0.3 is 5.69 Å². The zero-order valence-corrected chi connectivity index (χ0v) is 12.7. The smallest absolute Gasteiger partial charge is 0.304 e. The summed E-state index contributed by atoms with van der Waals surface area (Å²) in [5.74, 6) is -0.910. The number of rotatable bonds is 2. The van der Waals surface area contributed by atoms with Crippen molar-refractivity contribution in [2.75, 3.05) is 4.90 Å². The molecule has 1 aromatic carbocycles. The Bertz CT molecular complexity index is 802. The first-order valence-electron chi connectivity index (χ1n) is 7.18. The maximum absolute atomic E-state index is 13.4. The molecule has 2 aromatic rings. The number of halogens is 1. The quantitative estimate of drug-likeness (QED) is 0.629. The van der Waals surface area contributed by atoms with Crippen LogP contribution in [0.4, 0.5) is 15.8 Å². The molecule has 0 saturated carbocycles. The lowest BCUT2D eigenvalue weighted by atomic mass is 9.96. The van der Waals surface area contributed by atoms with Crippen LogP contribution in [0.25, 0.3) is 0 Å². The second kappa shape index (κ2) is 5.45. The van der Waals surface area contributed by atoms with Crippen molar-refractivity contribution in [1.82, 2.24) is 9.78 Å². The van der Waals surface area contributed by atoms with E-state index in [9.17, 15) is 19.3 Å². The monoisotopic (exact) mass is 318 g/mol. The molecule has 1 atom stereocenters. The molecule has 0 radical (unpaired) electrons. The van der Waals surface area contributed by atoms with E-state index in [-0.39, 0.29) is 23.2 Å². The van der Waals surface area contributed by atoms with Gasteiger partial charge in [0.25, 0.3) is 5.91 Å². The highest BCUT2D eigenvalue weighted by molar-refractivity contribution is 6.08. The van der Waals surface area contributed by atoms with Crippen molar-refractivity contribution in [3.63, 3.8) is 0 Å². The molecule has 120 valence electrons. The largest absolute Gasteiger partial charge is 0.320 e. The van der Waals surface area contributed by atoms with Crippen molar-refractivity contribution in [1.29, 1.82) is 0 Å². The molecule has 0 aliphatic carbocycles. The Morgan fingerprint density at radius 2 is 2.22 bits per heavy atom. The van der Waals surface area contributed by atoms with Gasteiger partial charge in [0.05, 0.1) is 4.92 Å². The predicted molar refractivity (Wildman–Crippen MR) is 80.9 cm³/mol. The average molecular weight is 318 g/mol. The molecule has 2 heterocycles. The lowest BCUT2D eigenvalue weighted by molar-refractivity contribution is -0.385. The summed E-state index contributed by atoms with van der Waals surface area (Å²) in [6, 6.07) is 4.06. The SMILES string of the molecule is C[C@@H]1CCc2cc(F)ccc2N1C(=O)c1nn(C)cc1[N+](=O)[O-]. The summed E-state index contributed by atoms with van der Waals surface area (Å²) in [7, 11) is 1.52. The second-order valence-corrected chi connectivity index (χ2v) is 5.63. The standard InChI is InChI=1S/C15H15FN4O3/c1-9-3-4-10-7-11(16)5-6-12(10)19(9)15(21)14-13(20(22)23)8-18(2)17-14/h5-9H,3-4H2,1-2H3/t9-/m1/s1. The number of fused-ring (bicyclic) bond motifs is 1. The van der Waals surface area contributed by atoms with E-state index in [0.717, 1.165) is 5.56 Å². The number of hydrogen-bond donors (Lipinski definition) is 0. The molecule has 0 spiro atoms. The van der Waals surface area contributed by atoms with Crippen molar-refractivity contribution < 1.29 is 14.1 Å². The number of benzene rings is 1. The van der Waals surface area contributed by atoms with Crippen molar-refractivity contribution in [3.05, 3.63) is 51.6 Å². The Labute approximate surface area is 131 Å². The molecule has 1 aromatic heterocycles. The number of nitrogens with zero attached hydrogens (tertiary/aromatic N) is 4. The number of nitro groups is 1. The van der Waals surface area contributed by atoms with Crippen molar-refractivity contribution in [2.45, 2.75) is 25.8 Å². The van der Waals surface area contributed by atoms with Gasteiger partial charge in [-0.3, -0.25) is 19.6 Å². The van der Waals surface area contributed by atoms with E-state index in [1.807, 2.05) is 6.92 Å². The van der Waals surface area contributed by atoms with E-state index < -0.39 is 10.8 Å². The van der Waals surface area contributed by atoms with Crippen molar-refractivity contribution in [3.8, 4) is 0 Å². The fourth-order valence-corrected chi connectivity index (χ4v) is 2.91. The van der Waals surface area contributed by atoms with Crippen LogP contribution >= 0.6 is 0 Å². The molecule has 23 heavy (non-hydrogen) atoms. The van der Waals surface area contributed by atoms with Gasteiger partial charge in [-0.2, -0.15) is 5.10 Å². The van der Waals surface area contributed by atoms with Crippen LogP contribution in [0.3, 0.4) is 0 Å². The third-order valence-corrected chi connectivity index (χ3v) is 4.00. The first-order chi connectivity index (χ1) is 10.9. The average Bonchev–Trinajstić information content (AvgIpc) is 2.89. The number of anilines is 1. The van der Waals surface area contributed by atoms with Gasteiger partial charge in [0.1, 0.15) is 12.0 Å². The van der Waals surface area contributed by atoms with E-state index in [0.29, 0.717) is 18.5 Å². The molecule has 7 nitrogen and oxygen atoms in total. The molecule has 0 N–H and O–H groups in total. The van der Waals surface area contributed by atoms with Gasteiger partial charge in [0.15, 0.2) is 0 Å². The molecule has 1 aliphatic rings. The van der Waals surface area contributed by atoms with Crippen LogP contribution < -0.4 is 4.90 Å². The number of aromatic nitrogens is 2. The molecule has 8 heteroatoms. The van der Waals surface area contributed by atoms with Crippen LogP contribution in [0.2, 0.25) is 0 Å². The number of carbonyl (C=O) groups excluding carboxylic acids is 1. The van der Waals surface area contributed by atoms with Crippen LogP contribution in [0.15, 0.2) is 24.4 Å². The zero-order valence-electron chi connectivity index (χ0n) is 12.7. The maximum atomic E-state index is 13.4. The summed E-state index contributed by atoms with van der Waals surface area (Å²) in [6.07, 6.45) is 2.51. The Balaban J connectivity index is 2.08. The van der Waals surface area contributed by atoms with Gasteiger partial charge in [0, 0.05) is 18.8 Å². The fraction of sp³-hybridized carbons (Fsp3) is 0.333. The predicted octanol–water partition coefficient (Wildman–Crippen LogP) is 2.45. The molecule has 1 aliphatic heterocycles. The topological polar surface area (TPSA) is 81.3 Å². The van der Waals surface area contributed by atoms with Gasteiger partial charge in [0.2, 0.25) is 5.69 Å². The lowest BCUT2D eigenvalue weighted by Crippen LogP contribution is -2.42. The minimum Gasteiger partial charge on any atom is -0.304 e. The van der Waals surface area contributed by atoms with E-state index >= 15 is 0 Å². The van der Waals surface area contributed by atoms with Crippen LogP contribution in [0, 0.1) is 15.9 Å². The highest BCUT2D eigenvalue weighted by atomic mass is 19.1. The van der Waals surface area contributed by atoms with E-state index in [4.69, 9.17) is 0 Å². The Morgan fingerprint density at radius 3 is 2.91 bits per heavy atom. The summed E-state index contributed by atoms with van der Waals surface area (Å²) >= 11 is 0. The third kappa shape index (κ3) is 2.56. The molecular formula is C15H15FN4O3. The van der Waals surface area contributed by atoms with Gasteiger partial charge in [-0.15, -0.1) is 0 Å². The summed E-state index contributed by atoms with van der Waals surface area (Å²) in [4.78, 5) is 24.8. The summed E-state index contributed by atoms with van der Waals surface area (Å²) in [6.45, 7) is 1.86. The molecule has 3 rings (SSSR count). The van der Waals surface area contributed by atoms with E-state index in [2.05, 4.69) is 5.10 Å². The minimum atomic E-state index is -0.625. The Morgan fingerprint density at radius 1 is 1.48 bits per heavy atom. The van der Waals surface area contributed by atoms with Crippen molar-refractivity contribution in [2.24, 2.45) is 7.05 Å². The Hall–Kier alpha value is -2.77. The zero-order chi connectivity index (χ0) is 16.7. The number of amides is 1. The van der Waals surface area contributed by atoms with Gasteiger partial charge < -0.3 is 4.90 Å². The fourth-order valence-electron chi connectivity index (χ4n) is 2.91. The van der Waals surface area contributed by atoms with Crippen LogP contribution in [-0.2, 0) is 13.5 Å².